The zero-order chi connectivity index (χ0) is 13.9. The van der Waals surface area contributed by atoms with Gasteiger partial charge in [0, 0.05) is 19.8 Å². The van der Waals surface area contributed by atoms with Crippen molar-refractivity contribution in [3.05, 3.63) is 28.8 Å². The van der Waals surface area contributed by atoms with Crippen LogP contribution in [0.25, 0.3) is 0 Å². The second-order valence-corrected chi connectivity index (χ2v) is 4.23. The smallest absolute Gasteiger partial charge is 0.336 e. The molecule has 1 rings (SSSR count). The Morgan fingerprint density at radius 2 is 1.83 bits per heavy atom. The van der Waals surface area contributed by atoms with Gasteiger partial charge in [-0.25, -0.2) is 14.6 Å². The molecule has 0 aliphatic rings. The first-order valence-electron chi connectivity index (χ1n) is 5.40. The van der Waals surface area contributed by atoms with Gasteiger partial charge >= 0.3 is 12.0 Å². The Kier molecular flexibility index (Phi) is 4.28. The van der Waals surface area contributed by atoms with E-state index in [0.29, 0.717) is 11.3 Å². The minimum absolute atomic E-state index is 0.190. The first kappa shape index (κ1) is 14.0. The normalized spacial score (nSPS) is 10.3. The van der Waals surface area contributed by atoms with Crippen LogP contribution in [0.5, 0.6) is 0 Å². The van der Waals surface area contributed by atoms with E-state index in [0.717, 1.165) is 5.56 Å². The van der Waals surface area contributed by atoms with Crippen LogP contribution in [0.3, 0.4) is 0 Å². The summed E-state index contributed by atoms with van der Waals surface area (Å²) in [5.41, 5.74) is 4.66. The number of carbonyl (C=O) groups is 2. The molecule has 18 heavy (non-hydrogen) atoms. The van der Waals surface area contributed by atoms with E-state index in [9.17, 15) is 9.59 Å². The minimum atomic E-state index is -1.01. The molecule has 0 saturated heterocycles. The number of amides is 2. The van der Waals surface area contributed by atoms with Gasteiger partial charge in [-0.2, -0.15) is 0 Å². The predicted molar refractivity (Wildman–Crippen MR) is 68.7 cm³/mol. The van der Waals surface area contributed by atoms with Gasteiger partial charge in [0.2, 0.25) is 0 Å². The van der Waals surface area contributed by atoms with Crippen molar-refractivity contribution < 1.29 is 14.7 Å². The maximum Gasteiger partial charge on any atom is 0.336 e. The van der Waals surface area contributed by atoms with Crippen LogP contribution in [-0.4, -0.2) is 36.2 Å². The largest absolute Gasteiger partial charge is 0.478 e. The average Bonchev–Trinajstić information content (AvgIpc) is 2.21. The molecule has 1 aromatic carbocycles. The Morgan fingerprint density at radius 3 is 2.33 bits per heavy atom. The van der Waals surface area contributed by atoms with Crippen molar-refractivity contribution in [1.29, 1.82) is 0 Å². The summed E-state index contributed by atoms with van der Waals surface area (Å²) in [6.45, 7) is 3.54. The molecule has 98 valence electrons. The maximum absolute atomic E-state index is 11.5. The number of rotatable bonds is 3. The van der Waals surface area contributed by atoms with Crippen molar-refractivity contribution in [3.63, 3.8) is 0 Å². The summed E-state index contributed by atoms with van der Waals surface area (Å²) < 4.78 is 0. The summed E-state index contributed by atoms with van der Waals surface area (Å²) in [5, 5.41) is 13.1. The van der Waals surface area contributed by atoms with Gasteiger partial charge in [-0.3, -0.25) is 5.43 Å². The van der Waals surface area contributed by atoms with Crippen LogP contribution in [0.2, 0.25) is 0 Å². The van der Waals surface area contributed by atoms with Gasteiger partial charge in [-0.05, 0) is 37.1 Å². The van der Waals surface area contributed by atoms with E-state index >= 15 is 0 Å². The molecule has 1 aromatic rings. The van der Waals surface area contributed by atoms with Crippen molar-refractivity contribution >= 4 is 17.7 Å². The molecular formula is C12H17N3O3. The molecule has 2 amide bonds. The van der Waals surface area contributed by atoms with E-state index in [-0.39, 0.29) is 5.56 Å². The number of urea groups is 1. The summed E-state index contributed by atoms with van der Waals surface area (Å²) in [6.07, 6.45) is 0. The molecule has 6 heteroatoms. The van der Waals surface area contributed by atoms with E-state index in [1.54, 1.807) is 34.0 Å². The Balaban J connectivity index is 2.97. The van der Waals surface area contributed by atoms with Crippen LogP contribution in [0.1, 0.15) is 21.5 Å². The molecule has 0 aliphatic carbocycles. The SMILES string of the molecule is Cc1cc(NC(=O)NN(C)C)cc(C(=O)O)c1C. The number of nitrogens with zero attached hydrogens (tertiary/aromatic N) is 1. The van der Waals surface area contributed by atoms with Crippen molar-refractivity contribution in [1.82, 2.24) is 10.4 Å². The molecule has 6 nitrogen and oxygen atoms in total. The van der Waals surface area contributed by atoms with Gasteiger partial charge in [0.15, 0.2) is 0 Å². The number of hydrazine groups is 1. The van der Waals surface area contributed by atoms with Crippen LogP contribution in [0.4, 0.5) is 10.5 Å². The quantitative estimate of drug-likeness (QED) is 0.713. The topological polar surface area (TPSA) is 81.7 Å². The Hall–Kier alpha value is -2.08. The minimum Gasteiger partial charge on any atom is -0.478 e. The highest BCUT2D eigenvalue weighted by molar-refractivity contribution is 5.94. The van der Waals surface area contributed by atoms with Gasteiger partial charge in [0.1, 0.15) is 0 Å². The number of nitrogens with one attached hydrogen (secondary N) is 2. The van der Waals surface area contributed by atoms with Gasteiger partial charge in [-0.1, -0.05) is 0 Å². The molecule has 0 aromatic heterocycles. The van der Waals surface area contributed by atoms with Crippen LogP contribution in [-0.2, 0) is 0 Å². The Bertz CT molecular complexity index is 484. The van der Waals surface area contributed by atoms with Crippen LogP contribution >= 0.6 is 0 Å². The fourth-order valence-corrected chi connectivity index (χ4v) is 1.52. The summed E-state index contributed by atoms with van der Waals surface area (Å²) in [7, 11) is 3.37. The molecular weight excluding hydrogens is 234 g/mol. The number of anilines is 1. The van der Waals surface area contributed by atoms with E-state index in [2.05, 4.69) is 10.7 Å². The fourth-order valence-electron chi connectivity index (χ4n) is 1.52. The van der Waals surface area contributed by atoms with Crippen molar-refractivity contribution in [2.24, 2.45) is 0 Å². The standard InChI is InChI=1S/C12H17N3O3/c1-7-5-9(13-12(18)14-15(3)4)6-10(8(7)2)11(16)17/h5-6H,1-4H3,(H,16,17)(H2,13,14,18). The molecule has 0 radical (unpaired) electrons. The van der Waals surface area contributed by atoms with E-state index in [1.165, 1.54) is 11.1 Å². The number of carboxylic acid groups (broad SMARTS) is 1. The lowest BCUT2D eigenvalue weighted by Crippen LogP contribution is -2.39. The molecule has 0 spiro atoms. The first-order valence-corrected chi connectivity index (χ1v) is 5.40. The number of aromatic carboxylic acids is 1. The zero-order valence-electron chi connectivity index (χ0n) is 10.9. The van der Waals surface area contributed by atoms with Crippen LogP contribution in [0, 0.1) is 13.8 Å². The summed E-state index contributed by atoms with van der Waals surface area (Å²) in [4.78, 5) is 22.5. The molecule has 3 N–H and O–H groups in total. The summed E-state index contributed by atoms with van der Waals surface area (Å²) >= 11 is 0. The second-order valence-electron chi connectivity index (χ2n) is 4.23. The number of carbonyl (C=O) groups excluding carboxylic acids is 1. The number of carboxylic acids is 1. The van der Waals surface area contributed by atoms with Crippen LogP contribution < -0.4 is 10.7 Å². The molecule has 0 atom stereocenters. The van der Waals surface area contributed by atoms with Crippen molar-refractivity contribution in [2.45, 2.75) is 13.8 Å². The lowest BCUT2D eigenvalue weighted by molar-refractivity contribution is 0.0696. The van der Waals surface area contributed by atoms with Crippen molar-refractivity contribution in [3.8, 4) is 0 Å². The third-order valence-electron chi connectivity index (χ3n) is 2.48. The summed E-state index contributed by atoms with van der Waals surface area (Å²) in [5.74, 6) is -1.01. The lowest BCUT2D eigenvalue weighted by Gasteiger charge is -2.14. The number of aryl methyl sites for hydroxylation is 1. The molecule has 0 saturated carbocycles. The number of hydrogen-bond acceptors (Lipinski definition) is 3. The second kappa shape index (κ2) is 5.50. The highest BCUT2D eigenvalue weighted by Crippen LogP contribution is 2.19. The Labute approximate surface area is 106 Å². The molecule has 0 heterocycles. The number of hydrogen-bond donors (Lipinski definition) is 3. The average molecular weight is 251 g/mol. The fraction of sp³-hybridized carbons (Fsp3) is 0.333. The third kappa shape index (κ3) is 3.46. The third-order valence-corrected chi connectivity index (χ3v) is 2.48. The predicted octanol–water partition coefficient (Wildman–Crippen LogP) is 1.60. The summed E-state index contributed by atoms with van der Waals surface area (Å²) in [6, 6.07) is 2.76. The van der Waals surface area contributed by atoms with E-state index in [1.807, 2.05) is 0 Å². The molecule has 0 fully saturated rings. The zero-order valence-corrected chi connectivity index (χ0v) is 10.9. The monoisotopic (exact) mass is 251 g/mol. The van der Waals surface area contributed by atoms with Gasteiger partial charge < -0.3 is 10.4 Å². The van der Waals surface area contributed by atoms with Gasteiger partial charge in [0.05, 0.1) is 5.56 Å². The molecule has 0 aliphatic heterocycles. The first-order chi connectivity index (χ1) is 8.31. The highest BCUT2D eigenvalue weighted by Gasteiger charge is 2.12. The lowest BCUT2D eigenvalue weighted by atomic mass is 10.0. The van der Waals surface area contributed by atoms with Crippen LogP contribution in [0.15, 0.2) is 12.1 Å². The van der Waals surface area contributed by atoms with E-state index in [4.69, 9.17) is 5.11 Å². The van der Waals surface area contributed by atoms with Gasteiger partial charge in [0.25, 0.3) is 0 Å². The van der Waals surface area contributed by atoms with Crippen molar-refractivity contribution in [2.75, 3.05) is 19.4 Å². The molecule has 0 bridgehead atoms. The number of benzene rings is 1. The maximum atomic E-state index is 11.5. The van der Waals surface area contributed by atoms with Gasteiger partial charge in [-0.15, -0.1) is 0 Å². The Morgan fingerprint density at radius 1 is 1.22 bits per heavy atom. The highest BCUT2D eigenvalue weighted by atomic mass is 16.4. The molecule has 0 unspecified atom stereocenters. The van der Waals surface area contributed by atoms with E-state index < -0.39 is 12.0 Å².